The summed E-state index contributed by atoms with van der Waals surface area (Å²) in [5.41, 5.74) is 0.385. The lowest BCUT2D eigenvalue weighted by molar-refractivity contribution is -0.132. The van der Waals surface area contributed by atoms with Gasteiger partial charge in [0.15, 0.2) is 0 Å². The number of likely N-dealkylation sites (tertiary alicyclic amines) is 1. The molecule has 1 aromatic rings. The minimum absolute atomic E-state index is 0.122. The molecule has 6 heteroatoms. The fourth-order valence-electron chi connectivity index (χ4n) is 3.74. The van der Waals surface area contributed by atoms with E-state index in [1.165, 1.54) is 10.5 Å². The maximum Gasteiger partial charge on any atom is 0.324 e. The molecule has 0 unspecified atom stereocenters. The van der Waals surface area contributed by atoms with E-state index in [0.717, 1.165) is 25.9 Å². The quantitative estimate of drug-likeness (QED) is 0.864. The van der Waals surface area contributed by atoms with Crippen LogP contribution in [0.2, 0.25) is 0 Å². The van der Waals surface area contributed by atoms with Gasteiger partial charge in [0, 0.05) is 37.9 Å². The van der Waals surface area contributed by atoms with Crippen molar-refractivity contribution >= 4 is 11.9 Å². The normalized spacial score (nSPS) is 30.4. The van der Waals surface area contributed by atoms with E-state index in [2.05, 4.69) is 28.2 Å². The number of pyridine rings is 1. The van der Waals surface area contributed by atoms with E-state index in [9.17, 15) is 9.59 Å². The summed E-state index contributed by atoms with van der Waals surface area (Å²) in [6.07, 6.45) is 5.65. The second kappa shape index (κ2) is 5.92. The van der Waals surface area contributed by atoms with Gasteiger partial charge in [-0.05, 0) is 44.9 Å². The van der Waals surface area contributed by atoms with Crippen LogP contribution in [0.5, 0.6) is 0 Å². The molecule has 1 N–H and O–H groups in total. The van der Waals surface area contributed by atoms with Crippen LogP contribution in [0.1, 0.15) is 38.3 Å². The van der Waals surface area contributed by atoms with Gasteiger partial charge in [-0.25, -0.2) is 4.79 Å². The van der Waals surface area contributed by atoms with Gasteiger partial charge < -0.3 is 5.32 Å². The zero-order valence-electron chi connectivity index (χ0n) is 14.0. The number of hydrogen-bond acceptors (Lipinski definition) is 4. The Bertz CT molecular complexity index is 606. The largest absolute Gasteiger partial charge is 0.324 e. The summed E-state index contributed by atoms with van der Waals surface area (Å²) in [4.78, 5) is 32.1. The van der Waals surface area contributed by atoms with Crippen LogP contribution in [0.3, 0.4) is 0 Å². The highest BCUT2D eigenvalue weighted by Crippen LogP contribution is 2.34. The third-order valence-electron chi connectivity index (χ3n) is 5.40. The zero-order chi connectivity index (χ0) is 16.6. The number of likely N-dealkylation sites (N-methyl/N-ethyl adjacent to an activating group) is 1. The molecular weight excluding hydrogens is 292 g/mol. The van der Waals surface area contributed by atoms with Gasteiger partial charge in [0.1, 0.15) is 5.54 Å². The Kier molecular flexibility index (Phi) is 4.10. The molecular formula is C17H24N4O2. The lowest BCUT2D eigenvalue weighted by Gasteiger charge is -2.42. The Hall–Kier alpha value is -1.95. The van der Waals surface area contributed by atoms with E-state index >= 15 is 0 Å². The molecule has 3 atom stereocenters. The highest BCUT2D eigenvalue weighted by Gasteiger charge is 2.52. The van der Waals surface area contributed by atoms with Crippen LogP contribution in [-0.4, -0.2) is 52.4 Å². The third-order valence-corrected chi connectivity index (χ3v) is 5.40. The number of aromatic nitrogens is 1. The van der Waals surface area contributed by atoms with Gasteiger partial charge in [-0.15, -0.1) is 0 Å². The van der Waals surface area contributed by atoms with Crippen LogP contribution in [0.4, 0.5) is 4.79 Å². The Balaban J connectivity index is 1.76. The monoisotopic (exact) mass is 316 g/mol. The SMILES string of the molecule is C[C@H](c1cccnc1)N1CCC[C@H]([C@]2(C)NC(=O)N(C)C2=O)C1. The first kappa shape index (κ1) is 15.9. The lowest BCUT2D eigenvalue weighted by Crippen LogP contribution is -2.56. The number of rotatable bonds is 3. The standard InChI is InChI=1S/C17H24N4O2/c1-12(13-6-4-8-18-10-13)21-9-5-7-14(11-21)17(2)15(22)20(3)16(23)19-17/h4,6,8,10,12,14H,5,7,9,11H2,1-3H3,(H,19,23)/t12-,14+,17+/m1/s1. The molecule has 0 spiro atoms. The zero-order valence-corrected chi connectivity index (χ0v) is 14.0. The van der Waals surface area contributed by atoms with Gasteiger partial charge in [-0.3, -0.25) is 19.6 Å². The first-order chi connectivity index (χ1) is 10.9. The van der Waals surface area contributed by atoms with Gasteiger partial charge in [-0.2, -0.15) is 0 Å². The van der Waals surface area contributed by atoms with E-state index in [1.807, 2.05) is 19.2 Å². The Morgan fingerprint density at radius 3 is 2.83 bits per heavy atom. The molecule has 0 radical (unpaired) electrons. The van der Waals surface area contributed by atoms with Crippen molar-refractivity contribution in [1.29, 1.82) is 0 Å². The Morgan fingerprint density at radius 1 is 1.43 bits per heavy atom. The lowest BCUT2D eigenvalue weighted by atomic mass is 9.79. The number of urea groups is 1. The van der Waals surface area contributed by atoms with E-state index in [1.54, 1.807) is 13.2 Å². The van der Waals surface area contributed by atoms with E-state index in [-0.39, 0.29) is 23.9 Å². The summed E-state index contributed by atoms with van der Waals surface area (Å²) in [7, 11) is 1.54. The van der Waals surface area contributed by atoms with Crippen LogP contribution in [-0.2, 0) is 4.79 Å². The van der Waals surface area contributed by atoms with Gasteiger partial charge in [0.2, 0.25) is 0 Å². The van der Waals surface area contributed by atoms with Crippen LogP contribution >= 0.6 is 0 Å². The van der Waals surface area contributed by atoms with E-state index < -0.39 is 5.54 Å². The summed E-state index contributed by atoms with van der Waals surface area (Å²) < 4.78 is 0. The summed E-state index contributed by atoms with van der Waals surface area (Å²) in [6.45, 7) is 5.83. The van der Waals surface area contributed by atoms with Crippen molar-refractivity contribution in [3.8, 4) is 0 Å². The van der Waals surface area contributed by atoms with Crippen LogP contribution in [0, 0.1) is 5.92 Å². The number of nitrogens with zero attached hydrogens (tertiary/aromatic N) is 3. The van der Waals surface area contributed by atoms with Crippen molar-refractivity contribution in [1.82, 2.24) is 20.1 Å². The van der Waals surface area contributed by atoms with Crippen LogP contribution < -0.4 is 5.32 Å². The fourth-order valence-corrected chi connectivity index (χ4v) is 3.74. The Labute approximate surface area is 136 Å². The molecule has 3 amide bonds. The number of carbonyl (C=O) groups excluding carboxylic acids is 2. The maximum absolute atomic E-state index is 12.5. The number of piperidine rings is 1. The second-order valence-electron chi connectivity index (χ2n) is 6.79. The predicted molar refractivity (Wildman–Crippen MR) is 86.7 cm³/mol. The van der Waals surface area contributed by atoms with Gasteiger partial charge in [0.05, 0.1) is 0 Å². The van der Waals surface area contributed by atoms with Gasteiger partial charge >= 0.3 is 6.03 Å². The van der Waals surface area contributed by atoms with Crippen molar-refractivity contribution in [2.45, 2.75) is 38.3 Å². The highest BCUT2D eigenvalue weighted by atomic mass is 16.2. The third kappa shape index (κ3) is 2.72. The molecule has 3 heterocycles. The van der Waals surface area contributed by atoms with Gasteiger partial charge in [-0.1, -0.05) is 6.07 Å². The van der Waals surface area contributed by atoms with E-state index in [4.69, 9.17) is 0 Å². The molecule has 2 aliphatic heterocycles. The van der Waals surface area contributed by atoms with Crippen molar-refractivity contribution in [2.24, 2.45) is 5.92 Å². The molecule has 1 aromatic heterocycles. The summed E-state index contributed by atoms with van der Waals surface area (Å²) >= 11 is 0. The summed E-state index contributed by atoms with van der Waals surface area (Å²) in [5, 5.41) is 2.90. The fraction of sp³-hybridized carbons (Fsp3) is 0.588. The molecule has 3 rings (SSSR count). The second-order valence-corrected chi connectivity index (χ2v) is 6.79. The first-order valence-electron chi connectivity index (χ1n) is 8.17. The average molecular weight is 316 g/mol. The number of amides is 3. The Morgan fingerprint density at radius 2 is 2.22 bits per heavy atom. The van der Waals surface area contributed by atoms with Crippen LogP contribution in [0.15, 0.2) is 24.5 Å². The molecule has 2 saturated heterocycles. The summed E-state index contributed by atoms with van der Waals surface area (Å²) in [5.74, 6) is 0.000141. The molecule has 0 saturated carbocycles. The van der Waals surface area contributed by atoms with Crippen molar-refractivity contribution in [3.63, 3.8) is 0 Å². The number of imide groups is 1. The van der Waals surface area contributed by atoms with Gasteiger partial charge in [0.25, 0.3) is 5.91 Å². The van der Waals surface area contributed by atoms with Crippen molar-refractivity contribution in [2.75, 3.05) is 20.1 Å². The molecule has 0 aromatic carbocycles. The molecule has 6 nitrogen and oxygen atoms in total. The molecule has 2 aliphatic rings. The first-order valence-corrected chi connectivity index (χ1v) is 8.17. The highest BCUT2D eigenvalue weighted by molar-refractivity contribution is 6.06. The topological polar surface area (TPSA) is 65.5 Å². The summed E-state index contributed by atoms with van der Waals surface area (Å²) in [6, 6.07) is 3.98. The minimum Gasteiger partial charge on any atom is -0.323 e. The molecule has 23 heavy (non-hydrogen) atoms. The van der Waals surface area contributed by atoms with E-state index in [0.29, 0.717) is 0 Å². The minimum atomic E-state index is -0.792. The molecule has 2 fully saturated rings. The number of nitrogens with one attached hydrogen (secondary N) is 1. The number of hydrogen-bond donors (Lipinski definition) is 1. The van der Waals surface area contributed by atoms with Crippen molar-refractivity contribution in [3.05, 3.63) is 30.1 Å². The number of carbonyl (C=O) groups is 2. The maximum atomic E-state index is 12.5. The van der Waals surface area contributed by atoms with Crippen molar-refractivity contribution < 1.29 is 9.59 Å². The smallest absolute Gasteiger partial charge is 0.323 e. The molecule has 124 valence electrons. The predicted octanol–water partition coefficient (Wildman–Crippen LogP) is 1.79. The average Bonchev–Trinajstić information content (AvgIpc) is 2.79. The molecule has 0 aliphatic carbocycles. The van der Waals surface area contributed by atoms with Crippen LogP contribution in [0.25, 0.3) is 0 Å². The molecule has 0 bridgehead atoms.